The molecule has 0 bridgehead atoms. The van der Waals surface area contributed by atoms with Crippen LogP contribution in [0.4, 0.5) is 0 Å². The normalized spacial score (nSPS) is 11.3. The van der Waals surface area contributed by atoms with Crippen molar-refractivity contribution in [1.29, 1.82) is 0 Å². The molecular formula is C18H31IN4O3. The molecule has 7 nitrogen and oxygen atoms in total. The second kappa shape index (κ2) is 12.7. The van der Waals surface area contributed by atoms with E-state index in [0.717, 1.165) is 11.3 Å². The molecule has 0 unspecified atom stereocenters. The van der Waals surface area contributed by atoms with Crippen LogP contribution in [0.15, 0.2) is 29.3 Å². The maximum absolute atomic E-state index is 11.8. The minimum Gasteiger partial charge on any atom is -0.496 e. The molecule has 0 fully saturated rings. The number of rotatable bonds is 8. The molecule has 0 aliphatic carbocycles. The molecule has 8 heteroatoms. The standard InChI is InChI=1S/C18H30N4O3.HI/c1-18(2,3)22-16(23)12-21-17(19-4)20-10-11-25-13-14-8-6-7-9-15(14)24-5;/h6-9H,10-13H2,1-5H3,(H,22,23)(H2,19,20,21);1H. The fourth-order valence-corrected chi connectivity index (χ4v) is 2.09. The minimum atomic E-state index is -0.248. The van der Waals surface area contributed by atoms with Crippen molar-refractivity contribution in [2.75, 3.05) is 33.9 Å². The average Bonchev–Trinajstić information content (AvgIpc) is 2.56. The Morgan fingerprint density at radius 1 is 1.19 bits per heavy atom. The Hall–Kier alpha value is -1.55. The van der Waals surface area contributed by atoms with Gasteiger partial charge in [0, 0.05) is 24.7 Å². The summed E-state index contributed by atoms with van der Waals surface area (Å²) in [5.74, 6) is 1.30. The summed E-state index contributed by atoms with van der Waals surface area (Å²) < 4.78 is 10.9. The third-order valence-electron chi connectivity index (χ3n) is 3.14. The SMILES string of the molecule is CN=C(NCCOCc1ccccc1OC)NCC(=O)NC(C)(C)C.I. The summed E-state index contributed by atoms with van der Waals surface area (Å²) in [6.45, 7) is 7.55. The first-order chi connectivity index (χ1) is 11.9. The summed E-state index contributed by atoms with van der Waals surface area (Å²) in [7, 11) is 3.30. The van der Waals surface area contributed by atoms with Gasteiger partial charge in [0.05, 0.1) is 26.9 Å². The van der Waals surface area contributed by atoms with Crippen molar-refractivity contribution >= 4 is 35.8 Å². The van der Waals surface area contributed by atoms with E-state index in [9.17, 15) is 4.79 Å². The van der Waals surface area contributed by atoms with Crippen LogP contribution >= 0.6 is 24.0 Å². The summed E-state index contributed by atoms with van der Waals surface area (Å²) >= 11 is 0. The molecule has 3 N–H and O–H groups in total. The molecule has 0 radical (unpaired) electrons. The van der Waals surface area contributed by atoms with Crippen LogP contribution in [0, 0.1) is 0 Å². The van der Waals surface area contributed by atoms with Crippen LogP contribution in [-0.2, 0) is 16.1 Å². The Labute approximate surface area is 173 Å². The first-order valence-electron chi connectivity index (χ1n) is 8.31. The lowest BCUT2D eigenvalue weighted by atomic mass is 10.1. The van der Waals surface area contributed by atoms with Gasteiger partial charge in [-0.05, 0) is 26.8 Å². The van der Waals surface area contributed by atoms with Crippen molar-refractivity contribution in [3.8, 4) is 5.75 Å². The third-order valence-corrected chi connectivity index (χ3v) is 3.14. The summed E-state index contributed by atoms with van der Waals surface area (Å²) in [6.07, 6.45) is 0. The third kappa shape index (κ3) is 10.4. The van der Waals surface area contributed by atoms with E-state index in [2.05, 4.69) is 20.9 Å². The van der Waals surface area contributed by atoms with E-state index in [1.807, 2.05) is 45.0 Å². The first kappa shape index (κ1) is 24.5. The summed E-state index contributed by atoms with van der Waals surface area (Å²) in [5.41, 5.74) is 0.758. The Morgan fingerprint density at radius 2 is 1.88 bits per heavy atom. The van der Waals surface area contributed by atoms with Gasteiger partial charge in [-0.25, -0.2) is 0 Å². The molecule has 1 aromatic carbocycles. The Bertz CT molecular complexity index is 574. The van der Waals surface area contributed by atoms with Crippen molar-refractivity contribution in [1.82, 2.24) is 16.0 Å². The number of halogens is 1. The molecule has 0 spiro atoms. The van der Waals surface area contributed by atoms with Gasteiger partial charge in [0.15, 0.2) is 5.96 Å². The molecule has 0 aliphatic rings. The summed E-state index contributed by atoms with van der Waals surface area (Å²) in [5, 5.41) is 8.96. The van der Waals surface area contributed by atoms with E-state index < -0.39 is 0 Å². The van der Waals surface area contributed by atoms with Crippen molar-refractivity contribution < 1.29 is 14.3 Å². The molecule has 0 atom stereocenters. The predicted molar refractivity (Wildman–Crippen MR) is 115 cm³/mol. The number of carbonyl (C=O) groups is 1. The van der Waals surface area contributed by atoms with E-state index in [4.69, 9.17) is 9.47 Å². The van der Waals surface area contributed by atoms with E-state index in [0.29, 0.717) is 25.7 Å². The number of hydrogen-bond acceptors (Lipinski definition) is 4. The minimum absolute atomic E-state index is 0. The largest absolute Gasteiger partial charge is 0.496 e. The number of ether oxygens (including phenoxy) is 2. The molecule has 26 heavy (non-hydrogen) atoms. The summed E-state index contributed by atoms with van der Waals surface area (Å²) in [4.78, 5) is 15.9. The monoisotopic (exact) mass is 478 g/mol. The molecular weight excluding hydrogens is 447 g/mol. The second-order valence-electron chi connectivity index (χ2n) is 6.52. The number of amides is 1. The van der Waals surface area contributed by atoms with Gasteiger partial charge in [-0.3, -0.25) is 9.79 Å². The van der Waals surface area contributed by atoms with Crippen molar-refractivity contribution in [3.05, 3.63) is 29.8 Å². The number of nitrogens with one attached hydrogen (secondary N) is 3. The zero-order valence-electron chi connectivity index (χ0n) is 16.2. The lowest BCUT2D eigenvalue weighted by Crippen LogP contribution is -2.48. The fraction of sp³-hybridized carbons (Fsp3) is 0.556. The molecule has 0 heterocycles. The zero-order valence-corrected chi connectivity index (χ0v) is 18.5. The highest BCUT2D eigenvalue weighted by molar-refractivity contribution is 14.0. The number of nitrogens with zero attached hydrogens (tertiary/aromatic N) is 1. The number of methoxy groups -OCH3 is 1. The van der Waals surface area contributed by atoms with Crippen molar-refractivity contribution in [2.45, 2.75) is 32.9 Å². The number of aliphatic imine (C=N–C) groups is 1. The van der Waals surface area contributed by atoms with Gasteiger partial charge in [0.2, 0.25) is 5.91 Å². The molecule has 0 aliphatic heterocycles. The van der Waals surface area contributed by atoms with E-state index in [1.54, 1.807) is 14.2 Å². The van der Waals surface area contributed by atoms with Crippen LogP contribution in [0.1, 0.15) is 26.3 Å². The highest BCUT2D eigenvalue weighted by Crippen LogP contribution is 2.17. The van der Waals surface area contributed by atoms with Crippen LogP contribution in [0.2, 0.25) is 0 Å². The van der Waals surface area contributed by atoms with Crippen LogP contribution < -0.4 is 20.7 Å². The number of carbonyl (C=O) groups excluding carboxylic acids is 1. The zero-order chi connectivity index (χ0) is 18.7. The molecule has 1 amide bonds. The van der Waals surface area contributed by atoms with Gasteiger partial charge in [-0.2, -0.15) is 0 Å². The van der Waals surface area contributed by atoms with E-state index in [1.165, 1.54) is 0 Å². The van der Waals surface area contributed by atoms with E-state index >= 15 is 0 Å². The lowest BCUT2D eigenvalue weighted by molar-refractivity contribution is -0.121. The Morgan fingerprint density at radius 3 is 2.50 bits per heavy atom. The highest BCUT2D eigenvalue weighted by atomic mass is 127. The quantitative estimate of drug-likeness (QED) is 0.230. The number of benzene rings is 1. The first-order valence-corrected chi connectivity index (χ1v) is 8.31. The molecule has 0 saturated heterocycles. The van der Waals surface area contributed by atoms with Crippen LogP contribution in [0.3, 0.4) is 0 Å². The fourth-order valence-electron chi connectivity index (χ4n) is 2.09. The van der Waals surface area contributed by atoms with Gasteiger partial charge in [-0.15, -0.1) is 24.0 Å². The number of para-hydroxylation sites is 1. The number of hydrogen-bond donors (Lipinski definition) is 3. The van der Waals surface area contributed by atoms with Gasteiger partial charge in [0.25, 0.3) is 0 Å². The van der Waals surface area contributed by atoms with Gasteiger partial charge in [0.1, 0.15) is 5.75 Å². The summed E-state index contributed by atoms with van der Waals surface area (Å²) in [6, 6.07) is 7.76. The van der Waals surface area contributed by atoms with Crippen LogP contribution in [0.25, 0.3) is 0 Å². The smallest absolute Gasteiger partial charge is 0.239 e. The lowest BCUT2D eigenvalue weighted by Gasteiger charge is -2.21. The maximum atomic E-state index is 11.8. The van der Waals surface area contributed by atoms with Crippen molar-refractivity contribution in [3.63, 3.8) is 0 Å². The van der Waals surface area contributed by atoms with Crippen LogP contribution in [0.5, 0.6) is 5.75 Å². The number of guanidine groups is 1. The second-order valence-corrected chi connectivity index (χ2v) is 6.52. The predicted octanol–water partition coefficient (Wildman–Crippen LogP) is 1.91. The molecule has 148 valence electrons. The van der Waals surface area contributed by atoms with Gasteiger partial charge < -0.3 is 25.4 Å². The molecule has 1 rings (SSSR count). The van der Waals surface area contributed by atoms with Crippen molar-refractivity contribution in [2.24, 2.45) is 4.99 Å². The topological polar surface area (TPSA) is 84.0 Å². The maximum Gasteiger partial charge on any atom is 0.239 e. The Balaban J connectivity index is 0.00000625. The average molecular weight is 478 g/mol. The van der Waals surface area contributed by atoms with Gasteiger partial charge >= 0.3 is 0 Å². The highest BCUT2D eigenvalue weighted by Gasteiger charge is 2.13. The molecule has 0 saturated carbocycles. The Kier molecular flexibility index (Phi) is 12.0. The molecule has 0 aromatic heterocycles. The van der Waals surface area contributed by atoms with E-state index in [-0.39, 0.29) is 42.0 Å². The van der Waals surface area contributed by atoms with Gasteiger partial charge in [-0.1, -0.05) is 18.2 Å². The van der Waals surface area contributed by atoms with Crippen LogP contribution in [-0.4, -0.2) is 51.3 Å². The molecule has 1 aromatic rings.